The summed E-state index contributed by atoms with van der Waals surface area (Å²) in [6.45, 7) is 1.40. The normalized spacial score (nSPS) is 12.3. The smallest absolute Gasteiger partial charge is 0.418 e. The van der Waals surface area contributed by atoms with E-state index in [9.17, 15) is 22.8 Å². The Morgan fingerprint density at radius 3 is 2.54 bits per heavy atom. The van der Waals surface area contributed by atoms with Crippen molar-refractivity contribution in [1.82, 2.24) is 0 Å². The largest absolute Gasteiger partial charge is 0.481 e. The predicted molar refractivity (Wildman–Crippen MR) is 82.0 cm³/mol. The molecule has 2 aromatic rings. The first-order chi connectivity index (χ1) is 11.3. The lowest BCUT2D eigenvalue weighted by atomic mass is 10.1. The van der Waals surface area contributed by atoms with E-state index in [1.165, 1.54) is 31.2 Å². The van der Waals surface area contributed by atoms with E-state index in [4.69, 9.17) is 4.74 Å². The van der Waals surface area contributed by atoms with Crippen molar-refractivity contribution in [3.8, 4) is 5.75 Å². The maximum atomic E-state index is 12.9. The van der Waals surface area contributed by atoms with Gasteiger partial charge in [-0.25, -0.2) is 0 Å². The maximum absolute atomic E-state index is 12.9. The number of carbonyl (C=O) groups excluding carboxylic acids is 2. The zero-order valence-corrected chi connectivity index (χ0v) is 12.6. The van der Waals surface area contributed by atoms with Crippen molar-refractivity contribution in [2.24, 2.45) is 0 Å². The van der Waals surface area contributed by atoms with E-state index < -0.39 is 23.8 Å². The summed E-state index contributed by atoms with van der Waals surface area (Å²) >= 11 is 0. The van der Waals surface area contributed by atoms with Crippen LogP contribution in [0.4, 0.5) is 18.9 Å². The molecule has 126 valence electrons. The van der Waals surface area contributed by atoms with Gasteiger partial charge in [0.1, 0.15) is 12.0 Å². The van der Waals surface area contributed by atoms with Crippen LogP contribution in [0.2, 0.25) is 0 Å². The number of para-hydroxylation sites is 1. The molecule has 0 heterocycles. The maximum Gasteiger partial charge on any atom is 0.418 e. The molecule has 2 aromatic carbocycles. The SMILES string of the molecule is CC(Oc1cccc(C=O)c1)C(=O)Nc1ccccc1C(F)(F)F. The van der Waals surface area contributed by atoms with Gasteiger partial charge in [-0.05, 0) is 31.2 Å². The van der Waals surface area contributed by atoms with E-state index in [2.05, 4.69) is 5.32 Å². The molecule has 1 amide bonds. The zero-order valence-electron chi connectivity index (χ0n) is 12.6. The van der Waals surface area contributed by atoms with Crippen molar-refractivity contribution >= 4 is 17.9 Å². The number of hydrogen-bond acceptors (Lipinski definition) is 3. The Bertz CT molecular complexity index is 744. The highest BCUT2D eigenvalue weighted by molar-refractivity contribution is 5.94. The summed E-state index contributed by atoms with van der Waals surface area (Å²) in [5.41, 5.74) is -0.914. The van der Waals surface area contributed by atoms with E-state index in [-0.39, 0.29) is 11.4 Å². The fourth-order valence-electron chi connectivity index (χ4n) is 1.99. The number of amides is 1. The summed E-state index contributed by atoms with van der Waals surface area (Å²) in [5, 5.41) is 2.21. The quantitative estimate of drug-likeness (QED) is 0.841. The molecule has 0 aromatic heterocycles. The van der Waals surface area contributed by atoms with Gasteiger partial charge in [-0.1, -0.05) is 24.3 Å². The summed E-state index contributed by atoms with van der Waals surface area (Å²) in [5.74, 6) is -0.463. The number of hydrogen-bond donors (Lipinski definition) is 1. The van der Waals surface area contributed by atoms with E-state index in [1.54, 1.807) is 18.2 Å². The van der Waals surface area contributed by atoms with Crippen molar-refractivity contribution in [3.63, 3.8) is 0 Å². The summed E-state index contributed by atoms with van der Waals surface area (Å²) in [4.78, 5) is 22.8. The van der Waals surface area contributed by atoms with Gasteiger partial charge in [-0.15, -0.1) is 0 Å². The standard InChI is InChI=1S/C17H14F3NO3/c1-11(24-13-6-4-5-12(9-13)10-22)16(23)21-15-8-3-2-7-14(15)17(18,19)20/h2-11H,1H3,(H,21,23). The molecule has 0 bridgehead atoms. The van der Waals surface area contributed by atoms with Crippen molar-refractivity contribution in [2.75, 3.05) is 5.32 Å². The van der Waals surface area contributed by atoms with Crippen LogP contribution in [0.5, 0.6) is 5.75 Å². The molecule has 2 rings (SSSR count). The Kier molecular flexibility index (Phi) is 5.23. The molecule has 0 saturated carbocycles. The second kappa shape index (κ2) is 7.16. The minimum atomic E-state index is -4.58. The first kappa shape index (κ1) is 17.5. The van der Waals surface area contributed by atoms with E-state index in [1.807, 2.05) is 0 Å². The van der Waals surface area contributed by atoms with Crippen LogP contribution in [0.3, 0.4) is 0 Å². The van der Waals surface area contributed by atoms with Gasteiger partial charge in [0.05, 0.1) is 11.3 Å². The van der Waals surface area contributed by atoms with Gasteiger partial charge in [-0.2, -0.15) is 13.2 Å². The Hall–Kier alpha value is -2.83. The van der Waals surface area contributed by atoms with Crippen molar-refractivity contribution in [1.29, 1.82) is 0 Å². The first-order valence-corrected chi connectivity index (χ1v) is 7.00. The molecular weight excluding hydrogens is 323 g/mol. The van der Waals surface area contributed by atoms with Crippen LogP contribution in [0.25, 0.3) is 0 Å². The minimum absolute atomic E-state index is 0.270. The highest BCUT2D eigenvalue weighted by Gasteiger charge is 2.34. The van der Waals surface area contributed by atoms with E-state index >= 15 is 0 Å². The number of anilines is 1. The second-order valence-corrected chi connectivity index (χ2v) is 4.98. The van der Waals surface area contributed by atoms with Gasteiger partial charge in [-0.3, -0.25) is 9.59 Å². The molecule has 0 spiro atoms. The molecule has 1 unspecified atom stereocenters. The van der Waals surface area contributed by atoms with Gasteiger partial charge < -0.3 is 10.1 Å². The molecule has 0 aliphatic heterocycles. The predicted octanol–water partition coefficient (Wildman–Crippen LogP) is 3.92. The summed E-state index contributed by atoms with van der Waals surface area (Å²) < 4.78 is 44.1. The number of alkyl halides is 3. The third-order valence-electron chi connectivity index (χ3n) is 3.17. The Morgan fingerprint density at radius 2 is 1.88 bits per heavy atom. The number of carbonyl (C=O) groups is 2. The molecule has 1 atom stereocenters. The third kappa shape index (κ3) is 4.34. The van der Waals surface area contributed by atoms with Gasteiger partial charge in [0.15, 0.2) is 6.10 Å². The summed E-state index contributed by atoms with van der Waals surface area (Å²) in [6, 6.07) is 10.8. The first-order valence-electron chi connectivity index (χ1n) is 7.00. The lowest BCUT2D eigenvalue weighted by Crippen LogP contribution is -2.31. The fourth-order valence-corrected chi connectivity index (χ4v) is 1.99. The topological polar surface area (TPSA) is 55.4 Å². The lowest BCUT2D eigenvalue weighted by molar-refractivity contribution is -0.137. The Morgan fingerprint density at radius 1 is 1.17 bits per heavy atom. The highest BCUT2D eigenvalue weighted by atomic mass is 19.4. The molecule has 0 saturated heterocycles. The summed E-state index contributed by atoms with van der Waals surface area (Å²) in [6.07, 6.45) is -5.00. The minimum Gasteiger partial charge on any atom is -0.481 e. The van der Waals surface area contributed by atoms with Crippen LogP contribution < -0.4 is 10.1 Å². The molecular formula is C17H14F3NO3. The van der Waals surface area contributed by atoms with Crippen LogP contribution in [0, 0.1) is 0 Å². The van der Waals surface area contributed by atoms with Crippen molar-refractivity contribution in [3.05, 3.63) is 59.7 Å². The molecule has 7 heteroatoms. The molecule has 24 heavy (non-hydrogen) atoms. The van der Waals surface area contributed by atoms with Crippen molar-refractivity contribution < 1.29 is 27.5 Å². The van der Waals surface area contributed by atoms with Gasteiger partial charge in [0.2, 0.25) is 0 Å². The van der Waals surface area contributed by atoms with E-state index in [0.717, 1.165) is 6.07 Å². The number of halogens is 3. The number of nitrogens with one attached hydrogen (secondary N) is 1. The lowest BCUT2D eigenvalue weighted by Gasteiger charge is -2.17. The number of benzene rings is 2. The monoisotopic (exact) mass is 337 g/mol. The Labute approximate surface area is 136 Å². The Balaban J connectivity index is 2.11. The van der Waals surface area contributed by atoms with Crippen LogP contribution in [0.15, 0.2) is 48.5 Å². The molecule has 0 aliphatic carbocycles. The molecule has 0 fully saturated rings. The average Bonchev–Trinajstić information content (AvgIpc) is 2.54. The van der Waals surface area contributed by atoms with Gasteiger partial charge in [0.25, 0.3) is 5.91 Å². The fraction of sp³-hybridized carbons (Fsp3) is 0.176. The zero-order chi connectivity index (χ0) is 17.7. The van der Waals surface area contributed by atoms with Crippen LogP contribution in [0.1, 0.15) is 22.8 Å². The number of ether oxygens (including phenoxy) is 1. The molecule has 1 N–H and O–H groups in total. The van der Waals surface area contributed by atoms with Crippen LogP contribution in [-0.4, -0.2) is 18.3 Å². The third-order valence-corrected chi connectivity index (χ3v) is 3.17. The average molecular weight is 337 g/mol. The second-order valence-electron chi connectivity index (χ2n) is 4.98. The number of rotatable bonds is 5. The number of aldehydes is 1. The van der Waals surface area contributed by atoms with Gasteiger partial charge in [0, 0.05) is 5.56 Å². The van der Waals surface area contributed by atoms with Crippen LogP contribution in [-0.2, 0) is 11.0 Å². The van der Waals surface area contributed by atoms with E-state index in [0.29, 0.717) is 11.8 Å². The van der Waals surface area contributed by atoms with Crippen LogP contribution >= 0.6 is 0 Å². The van der Waals surface area contributed by atoms with Gasteiger partial charge >= 0.3 is 6.18 Å². The molecule has 0 radical (unpaired) electrons. The summed E-state index contributed by atoms with van der Waals surface area (Å²) in [7, 11) is 0. The molecule has 4 nitrogen and oxygen atoms in total. The highest BCUT2D eigenvalue weighted by Crippen LogP contribution is 2.34. The van der Waals surface area contributed by atoms with Crippen molar-refractivity contribution in [2.45, 2.75) is 19.2 Å². The molecule has 0 aliphatic rings.